The van der Waals surface area contributed by atoms with Crippen molar-refractivity contribution in [2.45, 2.75) is 23.3 Å². The number of hydrogen-bond acceptors (Lipinski definition) is 5. The Morgan fingerprint density at radius 2 is 1.86 bits per heavy atom. The highest BCUT2D eigenvalue weighted by Gasteiger charge is 2.12. The number of carbonyl (C=O) groups excluding carboxylic acids is 1. The number of halogens is 1. The van der Waals surface area contributed by atoms with Crippen molar-refractivity contribution < 1.29 is 14.6 Å². The molecule has 0 saturated carbocycles. The summed E-state index contributed by atoms with van der Waals surface area (Å²) in [6, 6.07) is 19.2. The lowest BCUT2D eigenvalue weighted by molar-refractivity contribution is 0.101. The van der Waals surface area contributed by atoms with E-state index < -0.39 is 0 Å². The topological polar surface area (TPSA) is 58.6 Å². The lowest BCUT2D eigenvalue weighted by Gasteiger charge is -2.13. The molecule has 0 atom stereocenters. The summed E-state index contributed by atoms with van der Waals surface area (Å²) in [5.74, 6) is 0.401. The lowest BCUT2D eigenvalue weighted by atomic mass is 10.1. The maximum absolute atomic E-state index is 11.7. The molecular formula is C22H20ClNO3S. The maximum Gasteiger partial charge on any atom is 0.163 e. The number of phenolic OH excluding ortho intramolecular Hbond substituents is 1. The first kappa shape index (κ1) is 20.1. The van der Waals surface area contributed by atoms with Gasteiger partial charge in [0.25, 0.3) is 0 Å². The molecule has 3 rings (SSSR count). The van der Waals surface area contributed by atoms with Crippen molar-refractivity contribution in [2.75, 3.05) is 12.4 Å². The van der Waals surface area contributed by atoms with E-state index in [0.29, 0.717) is 12.2 Å². The Balaban J connectivity index is 1.77. The van der Waals surface area contributed by atoms with Crippen LogP contribution in [0.2, 0.25) is 5.02 Å². The highest BCUT2D eigenvalue weighted by molar-refractivity contribution is 7.99. The number of phenols is 1. The van der Waals surface area contributed by atoms with Gasteiger partial charge in [-0.05, 0) is 55.0 Å². The monoisotopic (exact) mass is 413 g/mol. The van der Waals surface area contributed by atoms with Crippen LogP contribution in [-0.2, 0) is 6.54 Å². The number of anilines is 1. The van der Waals surface area contributed by atoms with Gasteiger partial charge in [0.1, 0.15) is 11.5 Å². The molecule has 0 aliphatic rings. The van der Waals surface area contributed by atoms with Crippen LogP contribution in [-0.4, -0.2) is 18.0 Å². The number of carbonyl (C=O) groups is 1. The van der Waals surface area contributed by atoms with Crippen LogP contribution in [0, 0.1) is 0 Å². The average molecular weight is 414 g/mol. The van der Waals surface area contributed by atoms with Crippen LogP contribution in [0.1, 0.15) is 22.8 Å². The third-order valence-electron chi connectivity index (χ3n) is 4.19. The minimum Gasteiger partial charge on any atom is -0.506 e. The molecular weight excluding hydrogens is 394 g/mol. The highest BCUT2D eigenvalue weighted by Crippen LogP contribution is 2.34. The normalized spacial score (nSPS) is 10.5. The Hall–Kier alpha value is -2.63. The average Bonchev–Trinajstić information content (AvgIpc) is 2.70. The molecule has 0 aromatic heterocycles. The zero-order valence-corrected chi connectivity index (χ0v) is 17.1. The number of hydrogen-bond donors (Lipinski definition) is 2. The van der Waals surface area contributed by atoms with Crippen molar-refractivity contribution in [1.82, 2.24) is 0 Å². The molecule has 4 nitrogen and oxygen atoms in total. The SMILES string of the molecule is COc1ccc(Sc2ccccc2CNc2cc(Cl)c(O)c(C(C)=O)c2)cc1. The molecule has 0 radical (unpaired) electrons. The van der Waals surface area contributed by atoms with Gasteiger partial charge in [0.15, 0.2) is 5.78 Å². The largest absolute Gasteiger partial charge is 0.506 e. The highest BCUT2D eigenvalue weighted by atomic mass is 35.5. The zero-order valence-electron chi connectivity index (χ0n) is 15.5. The van der Waals surface area contributed by atoms with Crippen LogP contribution in [0.3, 0.4) is 0 Å². The van der Waals surface area contributed by atoms with E-state index in [1.54, 1.807) is 31.0 Å². The maximum atomic E-state index is 11.7. The zero-order chi connectivity index (χ0) is 20.1. The molecule has 144 valence electrons. The predicted octanol–water partition coefficient (Wildman–Crippen LogP) is 6.02. The first-order chi connectivity index (χ1) is 13.5. The third kappa shape index (κ3) is 4.80. The first-order valence-corrected chi connectivity index (χ1v) is 9.84. The molecule has 0 spiro atoms. The second-order valence-electron chi connectivity index (χ2n) is 6.15. The molecule has 0 aliphatic heterocycles. The van der Waals surface area contributed by atoms with E-state index in [1.165, 1.54) is 6.92 Å². The number of rotatable bonds is 7. The molecule has 0 saturated heterocycles. The second kappa shape index (κ2) is 9.04. The molecule has 6 heteroatoms. The summed E-state index contributed by atoms with van der Waals surface area (Å²) in [6.07, 6.45) is 0. The minimum atomic E-state index is -0.237. The molecule has 28 heavy (non-hydrogen) atoms. The van der Waals surface area contributed by atoms with E-state index in [1.807, 2.05) is 42.5 Å². The van der Waals surface area contributed by atoms with E-state index >= 15 is 0 Å². The fraction of sp³-hybridized carbons (Fsp3) is 0.136. The Labute approximate surface area is 173 Å². The fourth-order valence-electron chi connectivity index (χ4n) is 2.69. The Bertz CT molecular complexity index is 990. The van der Waals surface area contributed by atoms with Gasteiger partial charge in [-0.2, -0.15) is 0 Å². The number of benzene rings is 3. The first-order valence-electron chi connectivity index (χ1n) is 8.65. The van der Waals surface area contributed by atoms with Crippen LogP contribution in [0.25, 0.3) is 0 Å². The van der Waals surface area contributed by atoms with Crippen LogP contribution < -0.4 is 10.1 Å². The Morgan fingerprint density at radius 1 is 1.14 bits per heavy atom. The summed E-state index contributed by atoms with van der Waals surface area (Å²) in [5, 5.41) is 13.4. The molecule has 0 aliphatic carbocycles. The second-order valence-corrected chi connectivity index (χ2v) is 7.67. The van der Waals surface area contributed by atoms with Crippen molar-refractivity contribution in [3.8, 4) is 11.5 Å². The number of methoxy groups -OCH3 is 1. The van der Waals surface area contributed by atoms with Gasteiger partial charge in [0.05, 0.1) is 17.7 Å². The van der Waals surface area contributed by atoms with Gasteiger partial charge in [-0.3, -0.25) is 4.79 Å². The summed E-state index contributed by atoms with van der Waals surface area (Å²) in [5.41, 5.74) is 1.99. The van der Waals surface area contributed by atoms with Crippen molar-refractivity contribution >= 4 is 34.8 Å². The quantitative estimate of drug-likeness (QED) is 0.366. The lowest BCUT2D eigenvalue weighted by Crippen LogP contribution is -2.03. The van der Waals surface area contributed by atoms with E-state index in [2.05, 4.69) is 11.4 Å². The molecule has 3 aromatic rings. The van der Waals surface area contributed by atoms with E-state index in [-0.39, 0.29) is 22.1 Å². The van der Waals surface area contributed by atoms with Crippen molar-refractivity contribution in [3.63, 3.8) is 0 Å². The summed E-state index contributed by atoms with van der Waals surface area (Å²) in [4.78, 5) is 13.9. The van der Waals surface area contributed by atoms with E-state index in [9.17, 15) is 9.90 Å². The summed E-state index contributed by atoms with van der Waals surface area (Å²) in [6.45, 7) is 1.95. The number of ketones is 1. The van der Waals surface area contributed by atoms with Gasteiger partial charge >= 0.3 is 0 Å². The molecule has 3 aromatic carbocycles. The molecule has 0 fully saturated rings. The van der Waals surface area contributed by atoms with Gasteiger partial charge in [-0.25, -0.2) is 0 Å². The summed E-state index contributed by atoms with van der Waals surface area (Å²) >= 11 is 7.72. The van der Waals surface area contributed by atoms with Crippen LogP contribution >= 0.6 is 23.4 Å². The van der Waals surface area contributed by atoms with Gasteiger partial charge < -0.3 is 15.2 Å². The minimum absolute atomic E-state index is 0.149. The summed E-state index contributed by atoms with van der Waals surface area (Å²) in [7, 11) is 1.65. The van der Waals surface area contributed by atoms with Crippen LogP contribution in [0.15, 0.2) is 70.5 Å². The number of ether oxygens (including phenoxy) is 1. The van der Waals surface area contributed by atoms with Gasteiger partial charge in [-0.1, -0.05) is 41.6 Å². The Kier molecular flexibility index (Phi) is 6.49. The predicted molar refractivity (Wildman–Crippen MR) is 114 cm³/mol. The summed E-state index contributed by atoms with van der Waals surface area (Å²) < 4.78 is 5.20. The number of nitrogens with one attached hydrogen (secondary N) is 1. The standard InChI is InChI=1S/C22H20ClNO3S/c1-14(25)19-11-16(12-20(23)22(19)26)24-13-15-5-3-4-6-21(15)28-18-9-7-17(27-2)8-10-18/h3-12,24,26H,13H2,1-2H3. The molecule has 2 N–H and O–H groups in total. The van der Waals surface area contributed by atoms with Crippen LogP contribution in [0.5, 0.6) is 11.5 Å². The molecule has 0 amide bonds. The number of Topliss-reactive ketones (excluding diaryl/α,β-unsaturated/α-hetero) is 1. The van der Waals surface area contributed by atoms with Crippen molar-refractivity contribution in [1.29, 1.82) is 0 Å². The molecule has 0 unspecified atom stereocenters. The van der Waals surface area contributed by atoms with Crippen LogP contribution in [0.4, 0.5) is 5.69 Å². The smallest absolute Gasteiger partial charge is 0.163 e. The Morgan fingerprint density at radius 3 is 2.54 bits per heavy atom. The third-order valence-corrected chi connectivity index (χ3v) is 5.60. The van der Waals surface area contributed by atoms with Crippen molar-refractivity contribution in [3.05, 3.63) is 76.8 Å². The number of aromatic hydroxyl groups is 1. The fourth-order valence-corrected chi connectivity index (χ4v) is 3.85. The molecule has 0 heterocycles. The molecule has 0 bridgehead atoms. The van der Waals surface area contributed by atoms with Crippen molar-refractivity contribution in [2.24, 2.45) is 0 Å². The van der Waals surface area contributed by atoms with Gasteiger partial charge in [0, 0.05) is 22.0 Å². The van der Waals surface area contributed by atoms with Gasteiger partial charge in [-0.15, -0.1) is 0 Å². The van der Waals surface area contributed by atoms with Gasteiger partial charge in [0.2, 0.25) is 0 Å². The van der Waals surface area contributed by atoms with E-state index in [0.717, 1.165) is 21.1 Å². The van der Waals surface area contributed by atoms with E-state index in [4.69, 9.17) is 16.3 Å².